The molecule has 6 heteroatoms. The number of carbonyl (C=O) groups is 1. The number of aliphatic imine (C=N–C) groups is 1. The van der Waals surface area contributed by atoms with Crippen molar-refractivity contribution in [3.8, 4) is 5.75 Å². The minimum atomic E-state index is -0.482. The Morgan fingerprint density at radius 3 is 2.38 bits per heavy atom. The van der Waals surface area contributed by atoms with Gasteiger partial charge in [-0.05, 0) is 29.7 Å². The maximum atomic E-state index is 10.7. The van der Waals surface area contributed by atoms with Crippen LogP contribution in [0.25, 0.3) is 0 Å². The zero-order chi connectivity index (χ0) is 18.8. The molecule has 0 saturated heterocycles. The van der Waals surface area contributed by atoms with E-state index in [9.17, 15) is 4.79 Å². The van der Waals surface area contributed by atoms with Gasteiger partial charge in [0.15, 0.2) is 12.6 Å². The molecule has 6 nitrogen and oxygen atoms in total. The summed E-state index contributed by atoms with van der Waals surface area (Å²) in [5.74, 6) is 1.01. The zero-order valence-corrected chi connectivity index (χ0v) is 15.3. The normalized spacial score (nSPS) is 11.1. The van der Waals surface area contributed by atoms with E-state index >= 15 is 0 Å². The molecule has 0 bridgehead atoms. The highest BCUT2D eigenvalue weighted by atomic mass is 16.5. The first-order valence-electron chi connectivity index (χ1n) is 8.54. The van der Waals surface area contributed by atoms with Crippen LogP contribution in [0.15, 0.2) is 59.6 Å². The molecular formula is C20H26N4O2. The number of primary amides is 1. The summed E-state index contributed by atoms with van der Waals surface area (Å²) in [5, 5.41) is 3.38. The topological polar surface area (TPSA) is 79.9 Å². The van der Waals surface area contributed by atoms with Crippen molar-refractivity contribution in [2.75, 3.05) is 27.2 Å². The molecule has 0 saturated carbocycles. The van der Waals surface area contributed by atoms with Gasteiger partial charge < -0.3 is 20.7 Å². The van der Waals surface area contributed by atoms with E-state index < -0.39 is 5.91 Å². The van der Waals surface area contributed by atoms with E-state index in [1.807, 2.05) is 61.5 Å². The van der Waals surface area contributed by atoms with Crippen LogP contribution in [0, 0.1) is 0 Å². The van der Waals surface area contributed by atoms with E-state index in [-0.39, 0.29) is 6.61 Å². The van der Waals surface area contributed by atoms with Gasteiger partial charge in [-0.25, -0.2) is 4.99 Å². The van der Waals surface area contributed by atoms with Crippen molar-refractivity contribution in [3.63, 3.8) is 0 Å². The van der Waals surface area contributed by atoms with Crippen molar-refractivity contribution in [1.29, 1.82) is 0 Å². The first-order valence-corrected chi connectivity index (χ1v) is 8.54. The van der Waals surface area contributed by atoms with E-state index in [0.717, 1.165) is 18.9 Å². The quantitative estimate of drug-likeness (QED) is 0.560. The molecule has 0 unspecified atom stereocenters. The highest BCUT2D eigenvalue weighted by molar-refractivity contribution is 5.79. The van der Waals surface area contributed by atoms with Gasteiger partial charge in [0, 0.05) is 20.6 Å². The highest BCUT2D eigenvalue weighted by Crippen LogP contribution is 2.12. The van der Waals surface area contributed by atoms with Gasteiger partial charge in [0.1, 0.15) is 5.75 Å². The van der Waals surface area contributed by atoms with Crippen LogP contribution in [-0.4, -0.2) is 44.0 Å². The fourth-order valence-corrected chi connectivity index (χ4v) is 2.33. The van der Waals surface area contributed by atoms with Crippen molar-refractivity contribution in [2.24, 2.45) is 10.7 Å². The molecular weight excluding hydrogens is 328 g/mol. The van der Waals surface area contributed by atoms with Crippen molar-refractivity contribution in [3.05, 3.63) is 65.7 Å². The molecule has 2 aromatic carbocycles. The minimum absolute atomic E-state index is 0.106. The van der Waals surface area contributed by atoms with E-state index in [1.165, 1.54) is 11.1 Å². The number of hydrogen-bond acceptors (Lipinski definition) is 3. The average molecular weight is 354 g/mol. The van der Waals surface area contributed by atoms with Crippen LogP contribution in [0.1, 0.15) is 11.1 Å². The molecule has 0 radical (unpaired) electrons. The number of nitrogens with one attached hydrogen (secondary N) is 1. The Balaban J connectivity index is 1.82. The Labute approximate surface area is 154 Å². The molecule has 0 heterocycles. The summed E-state index contributed by atoms with van der Waals surface area (Å²) < 4.78 is 5.25. The fourth-order valence-electron chi connectivity index (χ4n) is 2.33. The van der Waals surface area contributed by atoms with Crippen LogP contribution in [-0.2, 0) is 17.8 Å². The summed E-state index contributed by atoms with van der Waals surface area (Å²) in [6.45, 7) is 1.31. The summed E-state index contributed by atoms with van der Waals surface area (Å²) in [7, 11) is 3.95. The largest absolute Gasteiger partial charge is 0.484 e. The Hall–Kier alpha value is -3.02. The number of nitrogens with two attached hydrogens (primary N) is 1. The van der Waals surface area contributed by atoms with Crippen LogP contribution < -0.4 is 15.8 Å². The molecule has 0 fully saturated rings. The van der Waals surface area contributed by atoms with Crippen molar-refractivity contribution in [1.82, 2.24) is 10.2 Å². The van der Waals surface area contributed by atoms with E-state index in [1.54, 1.807) is 0 Å². The Bertz CT molecular complexity index is 712. The van der Waals surface area contributed by atoms with Gasteiger partial charge in [-0.3, -0.25) is 4.79 Å². The first-order chi connectivity index (χ1) is 12.5. The molecule has 2 aromatic rings. The lowest BCUT2D eigenvalue weighted by molar-refractivity contribution is -0.119. The van der Waals surface area contributed by atoms with Crippen molar-refractivity contribution in [2.45, 2.75) is 13.0 Å². The van der Waals surface area contributed by atoms with Gasteiger partial charge in [-0.1, -0.05) is 42.5 Å². The Kier molecular flexibility index (Phi) is 7.49. The van der Waals surface area contributed by atoms with Crippen molar-refractivity contribution >= 4 is 11.9 Å². The maximum Gasteiger partial charge on any atom is 0.255 e. The molecule has 0 aromatic heterocycles. The maximum absolute atomic E-state index is 10.7. The van der Waals surface area contributed by atoms with Gasteiger partial charge in [0.05, 0.1) is 6.54 Å². The number of benzene rings is 2. The predicted octanol–water partition coefficient (Wildman–Crippen LogP) is 1.80. The summed E-state index contributed by atoms with van der Waals surface area (Å²) in [5.41, 5.74) is 7.42. The molecule has 2 rings (SSSR count). The lowest BCUT2D eigenvalue weighted by Gasteiger charge is -2.17. The molecule has 0 aliphatic rings. The van der Waals surface area contributed by atoms with Gasteiger partial charge >= 0.3 is 0 Å². The molecule has 138 valence electrons. The fraction of sp³-hybridized carbons (Fsp3) is 0.300. The number of hydrogen-bond donors (Lipinski definition) is 2. The second-order valence-corrected chi connectivity index (χ2v) is 6.10. The monoisotopic (exact) mass is 354 g/mol. The second kappa shape index (κ2) is 10.1. The van der Waals surface area contributed by atoms with Crippen LogP contribution in [0.5, 0.6) is 5.75 Å². The van der Waals surface area contributed by atoms with E-state index in [4.69, 9.17) is 10.5 Å². The molecule has 1 amide bonds. The summed E-state index contributed by atoms with van der Waals surface area (Å²) >= 11 is 0. The first kappa shape index (κ1) is 19.3. The second-order valence-electron chi connectivity index (χ2n) is 6.10. The lowest BCUT2D eigenvalue weighted by Crippen LogP contribution is -2.37. The Morgan fingerprint density at radius 1 is 1.08 bits per heavy atom. The third-order valence-electron chi connectivity index (χ3n) is 3.68. The summed E-state index contributed by atoms with van der Waals surface area (Å²) in [4.78, 5) is 17.3. The average Bonchev–Trinajstić information content (AvgIpc) is 2.64. The van der Waals surface area contributed by atoms with Crippen molar-refractivity contribution < 1.29 is 9.53 Å². The van der Waals surface area contributed by atoms with Crippen LogP contribution in [0.3, 0.4) is 0 Å². The number of rotatable bonds is 8. The van der Waals surface area contributed by atoms with Gasteiger partial charge in [-0.2, -0.15) is 0 Å². The van der Waals surface area contributed by atoms with E-state index in [0.29, 0.717) is 12.3 Å². The number of guanidine groups is 1. The summed E-state index contributed by atoms with van der Waals surface area (Å²) in [6, 6.07) is 17.8. The SMILES string of the molecule is CN(C)C(=NCc1ccccc1)NCCc1ccc(OCC(N)=O)cc1. The third-order valence-corrected chi connectivity index (χ3v) is 3.68. The number of amides is 1. The molecule has 0 aliphatic heterocycles. The van der Waals surface area contributed by atoms with Gasteiger partial charge in [0.2, 0.25) is 0 Å². The van der Waals surface area contributed by atoms with Crippen LogP contribution >= 0.6 is 0 Å². The molecule has 0 spiro atoms. The minimum Gasteiger partial charge on any atom is -0.484 e. The van der Waals surface area contributed by atoms with Crippen LogP contribution in [0.2, 0.25) is 0 Å². The van der Waals surface area contributed by atoms with Crippen LogP contribution in [0.4, 0.5) is 0 Å². The molecule has 0 atom stereocenters. The molecule has 0 aliphatic carbocycles. The predicted molar refractivity (Wildman–Crippen MR) is 104 cm³/mol. The number of carbonyl (C=O) groups excluding carboxylic acids is 1. The Morgan fingerprint density at radius 2 is 1.77 bits per heavy atom. The standard InChI is InChI=1S/C20H26N4O2/c1-24(2)20(23-14-17-6-4-3-5-7-17)22-13-12-16-8-10-18(11-9-16)26-15-19(21)25/h3-11H,12-15H2,1-2H3,(H2,21,25)(H,22,23). The van der Waals surface area contributed by atoms with Gasteiger partial charge in [0.25, 0.3) is 5.91 Å². The smallest absolute Gasteiger partial charge is 0.255 e. The highest BCUT2D eigenvalue weighted by Gasteiger charge is 2.03. The lowest BCUT2D eigenvalue weighted by atomic mass is 10.1. The third kappa shape index (κ3) is 6.84. The molecule has 3 N–H and O–H groups in total. The summed E-state index contributed by atoms with van der Waals surface area (Å²) in [6.07, 6.45) is 0.855. The molecule has 26 heavy (non-hydrogen) atoms. The zero-order valence-electron chi connectivity index (χ0n) is 15.3. The van der Waals surface area contributed by atoms with Gasteiger partial charge in [-0.15, -0.1) is 0 Å². The number of nitrogens with zero attached hydrogens (tertiary/aromatic N) is 2. The number of ether oxygens (including phenoxy) is 1. The van der Waals surface area contributed by atoms with E-state index in [2.05, 4.69) is 22.4 Å².